The Bertz CT molecular complexity index is 1020. The van der Waals surface area contributed by atoms with E-state index in [1.54, 1.807) is 6.07 Å². The lowest BCUT2D eigenvalue weighted by Gasteiger charge is -2.48. The lowest BCUT2D eigenvalue weighted by molar-refractivity contribution is 0.118. The van der Waals surface area contributed by atoms with Gasteiger partial charge >= 0.3 is 30.4 Å². The van der Waals surface area contributed by atoms with Gasteiger partial charge in [0.25, 0.3) is 0 Å². The Morgan fingerprint density at radius 2 is 1.33 bits per heavy atom. The van der Waals surface area contributed by atoms with E-state index in [2.05, 4.69) is 0 Å². The monoisotopic (exact) mass is 599 g/mol. The molecule has 0 bridgehead atoms. The highest BCUT2D eigenvalue weighted by molar-refractivity contribution is 7.74. The fraction of sp³-hybridized carbons (Fsp3) is 0.647. The largest absolute Gasteiger partial charge is 0.399 e. The Kier molecular flexibility index (Phi) is 13.2. The van der Waals surface area contributed by atoms with Crippen molar-refractivity contribution < 1.29 is 56.7 Å². The zero-order valence-electron chi connectivity index (χ0n) is 20.7. The molecule has 0 radical (unpaired) electrons. The molecule has 212 valence electrons. The van der Waals surface area contributed by atoms with Gasteiger partial charge in [-0.05, 0) is 51.4 Å². The number of aryl methyl sites for hydroxylation is 1. The van der Waals surface area contributed by atoms with Crippen LogP contribution in [0.2, 0.25) is 0 Å². The molecule has 36 heavy (non-hydrogen) atoms. The maximum Gasteiger partial charge on any atom is 0.363 e. The van der Waals surface area contributed by atoms with E-state index in [9.17, 15) is 47.6 Å². The lowest BCUT2D eigenvalue weighted by atomic mass is 10.2. The van der Waals surface area contributed by atoms with Gasteiger partial charge < -0.3 is 49.9 Å². The fourth-order valence-electron chi connectivity index (χ4n) is 3.49. The number of benzene rings is 1. The molecule has 0 fully saturated rings. The molecule has 0 aromatic heterocycles. The van der Waals surface area contributed by atoms with Gasteiger partial charge in [0.2, 0.25) is 10.5 Å². The highest BCUT2D eigenvalue weighted by atomic mass is 31.2. The van der Waals surface area contributed by atoms with E-state index in [0.29, 0.717) is 0 Å². The molecule has 1 rings (SSSR count). The smallest absolute Gasteiger partial charge is 0.363 e. The first-order valence-electron chi connectivity index (χ1n) is 10.6. The van der Waals surface area contributed by atoms with Crippen LogP contribution in [0.3, 0.4) is 0 Å². The first-order chi connectivity index (χ1) is 16.2. The summed E-state index contributed by atoms with van der Waals surface area (Å²) in [6, 6.07) is 5.51. The molecule has 0 saturated carbocycles. The number of rotatable bonds is 12. The third kappa shape index (κ3) is 8.19. The van der Waals surface area contributed by atoms with Crippen molar-refractivity contribution in [3.63, 3.8) is 0 Å². The van der Waals surface area contributed by atoms with Crippen LogP contribution in [0.25, 0.3) is 0 Å². The van der Waals surface area contributed by atoms with Crippen LogP contribution >= 0.6 is 30.4 Å². The van der Waals surface area contributed by atoms with Crippen LogP contribution in [-0.2, 0) is 27.3 Å². The molecule has 0 aliphatic heterocycles. The SMILES string of the molecule is CCOP(=O)(OCC)C(CC)(N(CC)C(P(=O)(O)O)P(=O)(O)O)P(=O)(O)O.Cc1ccc(N)cc1N. The molecule has 0 heterocycles. The van der Waals surface area contributed by atoms with Crippen LogP contribution in [0.4, 0.5) is 11.4 Å². The lowest BCUT2D eigenvalue weighted by Crippen LogP contribution is -2.53. The van der Waals surface area contributed by atoms with Gasteiger partial charge in [-0.25, -0.2) is 0 Å². The zero-order chi connectivity index (χ0) is 28.8. The third-order valence-corrected chi connectivity index (χ3v) is 14.2. The summed E-state index contributed by atoms with van der Waals surface area (Å²) in [4.78, 5) is 58.3. The summed E-state index contributed by atoms with van der Waals surface area (Å²) >= 11 is 0. The maximum atomic E-state index is 13.4. The van der Waals surface area contributed by atoms with Crippen LogP contribution in [0, 0.1) is 6.92 Å². The first kappa shape index (κ1) is 35.4. The van der Waals surface area contributed by atoms with Gasteiger partial charge in [-0.2, -0.15) is 0 Å². The number of nitrogens with two attached hydrogens (primary N) is 2. The Balaban J connectivity index is 0.00000113. The average Bonchev–Trinajstić information content (AvgIpc) is 2.68. The number of anilines is 2. The predicted molar refractivity (Wildman–Crippen MR) is 136 cm³/mol. The molecule has 0 amide bonds. The molecule has 1 unspecified atom stereocenters. The molecule has 19 heteroatoms. The van der Waals surface area contributed by atoms with Gasteiger partial charge in [0, 0.05) is 11.4 Å². The topological polar surface area (TPSA) is 263 Å². The minimum atomic E-state index is -5.67. The third-order valence-electron chi connectivity index (χ3n) is 4.96. The summed E-state index contributed by atoms with van der Waals surface area (Å²) in [6.45, 7) is 5.50. The van der Waals surface area contributed by atoms with Crippen LogP contribution in [0.5, 0.6) is 0 Å². The Labute approximate surface area is 210 Å². The van der Waals surface area contributed by atoms with Gasteiger partial charge in [-0.15, -0.1) is 0 Å². The van der Waals surface area contributed by atoms with Gasteiger partial charge in [-0.1, -0.05) is 19.9 Å². The van der Waals surface area contributed by atoms with Gasteiger partial charge in [0.1, 0.15) is 0 Å². The number of hydrogen-bond donors (Lipinski definition) is 8. The zero-order valence-corrected chi connectivity index (χ0v) is 24.2. The van der Waals surface area contributed by atoms with E-state index in [-0.39, 0.29) is 18.1 Å². The number of nitrogens with zero attached hydrogens (tertiary/aromatic N) is 1. The van der Waals surface area contributed by atoms with Crippen molar-refractivity contribution in [2.45, 2.75) is 51.6 Å². The molecule has 1 aromatic rings. The molecule has 10 N–H and O–H groups in total. The molecule has 0 saturated heterocycles. The summed E-state index contributed by atoms with van der Waals surface area (Å²) in [5.41, 5.74) is 10.6. The summed E-state index contributed by atoms with van der Waals surface area (Å²) in [5.74, 6) is 0. The molecular formula is C17H37N3O12P4. The number of nitrogen functional groups attached to an aromatic ring is 2. The predicted octanol–water partition coefficient (Wildman–Crippen LogP) is 2.61. The van der Waals surface area contributed by atoms with E-state index >= 15 is 0 Å². The molecule has 1 aromatic carbocycles. The number of hydrogen-bond acceptors (Lipinski definition) is 9. The van der Waals surface area contributed by atoms with Gasteiger partial charge in [-0.3, -0.25) is 23.2 Å². The summed E-state index contributed by atoms with van der Waals surface area (Å²) in [7, 11) is -21.8. The highest BCUT2D eigenvalue weighted by Crippen LogP contribution is 2.79. The second kappa shape index (κ2) is 13.4. The molecule has 1 atom stereocenters. The molecule has 15 nitrogen and oxygen atoms in total. The summed E-state index contributed by atoms with van der Waals surface area (Å²) in [6.07, 6.45) is -0.751. The van der Waals surface area contributed by atoms with E-state index in [1.807, 2.05) is 19.1 Å². The van der Waals surface area contributed by atoms with Crippen LogP contribution in [-0.4, -0.2) is 64.6 Å². The summed E-state index contributed by atoms with van der Waals surface area (Å²) in [5, 5.41) is -3.03. The standard InChI is InChI=1S/C10H27NO12P4.C7H10N2/c1-5-10(26(18,19)20,27(21,22-7-3)23-8-4)11(6-2)9(24(12,13)14)25(15,16)17;1-5-2-3-6(8)4-7(5)9/h9H,5-8H2,1-4H3,(H2,12,13,14)(H2,15,16,17)(H2,18,19,20);2-4H,8-9H2,1H3. The second-order valence-corrected chi connectivity index (χ2v) is 15.6. The van der Waals surface area contributed by atoms with Crippen molar-refractivity contribution in [1.82, 2.24) is 4.90 Å². The molecular weight excluding hydrogens is 562 g/mol. The normalized spacial score (nSPS) is 14.9. The van der Waals surface area contributed by atoms with E-state index in [4.69, 9.17) is 20.5 Å². The quantitative estimate of drug-likeness (QED) is 0.127. The summed E-state index contributed by atoms with van der Waals surface area (Å²) < 4.78 is 59.5. The average molecular weight is 599 g/mol. The Morgan fingerprint density at radius 1 is 0.889 bits per heavy atom. The Hall–Kier alpha value is -0.620. The van der Waals surface area contributed by atoms with Crippen LogP contribution in [0.1, 0.15) is 39.7 Å². The van der Waals surface area contributed by atoms with E-state index in [0.717, 1.165) is 30.8 Å². The maximum absolute atomic E-state index is 13.4. The second-order valence-electron chi connectivity index (χ2n) is 7.43. The van der Waals surface area contributed by atoms with E-state index in [1.165, 1.54) is 13.8 Å². The van der Waals surface area contributed by atoms with Gasteiger partial charge in [0.05, 0.1) is 13.2 Å². The molecule has 0 aliphatic rings. The van der Waals surface area contributed by atoms with E-state index < -0.39 is 53.9 Å². The van der Waals surface area contributed by atoms with Crippen molar-refractivity contribution in [3.8, 4) is 0 Å². The van der Waals surface area contributed by atoms with Crippen molar-refractivity contribution in [2.75, 3.05) is 31.2 Å². The van der Waals surface area contributed by atoms with Crippen LogP contribution in [0.15, 0.2) is 18.2 Å². The van der Waals surface area contributed by atoms with Crippen molar-refractivity contribution in [2.24, 2.45) is 0 Å². The molecule has 0 spiro atoms. The first-order valence-corrected chi connectivity index (χ1v) is 17.1. The fourth-order valence-corrected chi connectivity index (χ4v) is 11.6. The van der Waals surface area contributed by atoms with Crippen LogP contribution < -0.4 is 11.5 Å². The van der Waals surface area contributed by atoms with Gasteiger partial charge in [0.15, 0.2) is 0 Å². The molecule has 0 aliphatic carbocycles. The minimum Gasteiger partial charge on any atom is -0.399 e. The van der Waals surface area contributed by atoms with Crippen molar-refractivity contribution in [3.05, 3.63) is 23.8 Å². The van der Waals surface area contributed by atoms with Crippen molar-refractivity contribution in [1.29, 1.82) is 0 Å². The highest BCUT2D eigenvalue weighted by Gasteiger charge is 2.69. The Morgan fingerprint density at radius 3 is 1.58 bits per heavy atom. The van der Waals surface area contributed by atoms with Crippen molar-refractivity contribution >= 4 is 41.8 Å². The minimum absolute atomic E-state index is 0.168.